The van der Waals surface area contributed by atoms with Crippen LogP contribution in [0.3, 0.4) is 0 Å². The molecule has 0 aliphatic rings. The lowest BCUT2D eigenvalue weighted by Gasteiger charge is -1.98. The monoisotopic (exact) mass is 278 g/mol. The Morgan fingerprint density at radius 1 is 1.26 bits per heavy atom. The molecular weight excluding hydrogens is 264 g/mol. The number of aromatic nitrogens is 4. The van der Waals surface area contributed by atoms with Crippen molar-refractivity contribution in [2.45, 2.75) is 12.3 Å². The molecule has 0 saturated heterocycles. The number of hydrogen-bond acceptors (Lipinski definition) is 5. The Labute approximate surface area is 111 Å². The number of sulfone groups is 1. The zero-order valence-corrected chi connectivity index (χ0v) is 11.1. The Hall–Kier alpha value is -2.02. The summed E-state index contributed by atoms with van der Waals surface area (Å²) in [5.41, 5.74) is 1.03. The van der Waals surface area contributed by atoms with E-state index < -0.39 is 9.84 Å². The molecule has 0 aliphatic heterocycles. The normalized spacial score (nSPS) is 11.4. The Bertz CT molecular complexity index is 649. The van der Waals surface area contributed by atoms with Gasteiger partial charge in [0.25, 0.3) is 0 Å². The van der Waals surface area contributed by atoms with Gasteiger partial charge in [-0.05, 0) is 10.8 Å². The smallest absolute Gasteiger partial charge is 0.189 e. The van der Waals surface area contributed by atoms with Crippen LogP contribution in [0.5, 0.6) is 0 Å². The third-order valence-corrected chi connectivity index (χ3v) is 3.82. The van der Waals surface area contributed by atoms with Gasteiger partial charge < -0.3 is 0 Å². The summed E-state index contributed by atoms with van der Waals surface area (Å²) in [5.74, 6) is -0.0913. The number of nitrogens with zero attached hydrogens (tertiary/aromatic N) is 4. The Morgan fingerprint density at radius 2 is 2.00 bits per heavy atom. The quantitative estimate of drug-likeness (QED) is 0.731. The number of hydrogen-bond donors (Lipinski definition) is 0. The maximum atomic E-state index is 11.6. The van der Waals surface area contributed by atoms with Crippen LogP contribution in [0.2, 0.25) is 0 Å². The number of tetrazole rings is 1. The van der Waals surface area contributed by atoms with E-state index in [-0.39, 0.29) is 17.3 Å². The van der Waals surface area contributed by atoms with Gasteiger partial charge >= 0.3 is 0 Å². The van der Waals surface area contributed by atoms with Crippen molar-refractivity contribution in [3.05, 3.63) is 54.4 Å². The molecule has 100 valence electrons. The molecule has 0 spiro atoms. The van der Waals surface area contributed by atoms with E-state index in [1.54, 1.807) is 0 Å². The molecule has 0 atom stereocenters. The lowest BCUT2D eigenvalue weighted by atomic mass is 10.2. The van der Waals surface area contributed by atoms with Gasteiger partial charge in [0.15, 0.2) is 15.7 Å². The van der Waals surface area contributed by atoms with Crippen molar-refractivity contribution in [1.82, 2.24) is 20.2 Å². The summed E-state index contributed by atoms with van der Waals surface area (Å²) in [6.07, 6.45) is 1.35. The van der Waals surface area contributed by atoms with E-state index in [9.17, 15) is 8.42 Å². The molecule has 1 aromatic heterocycles. The molecule has 2 aromatic rings. The topological polar surface area (TPSA) is 77.7 Å². The van der Waals surface area contributed by atoms with Crippen LogP contribution >= 0.6 is 0 Å². The largest absolute Gasteiger partial charge is 0.228 e. The van der Waals surface area contributed by atoms with Gasteiger partial charge in [0.2, 0.25) is 0 Å². The highest BCUT2D eigenvalue weighted by Crippen LogP contribution is 2.03. The minimum atomic E-state index is -3.24. The van der Waals surface area contributed by atoms with Gasteiger partial charge in [-0.25, -0.2) is 8.42 Å². The molecule has 0 bridgehead atoms. The fraction of sp³-hybridized carbons (Fsp3) is 0.250. The molecule has 1 heterocycles. The van der Waals surface area contributed by atoms with Crippen LogP contribution in [-0.4, -0.2) is 34.4 Å². The van der Waals surface area contributed by atoms with Crippen molar-refractivity contribution in [2.75, 3.05) is 5.75 Å². The first-order valence-electron chi connectivity index (χ1n) is 5.71. The van der Waals surface area contributed by atoms with Crippen molar-refractivity contribution in [3.8, 4) is 0 Å². The van der Waals surface area contributed by atoms with Crippen LogP contribution in [0.25, 0.3) is 0 Å². The molecule has 2 rings (SSSR count). The highest BCUT2D eigenvalue weighted by atomic mass is 32.2. The zero-order chi connectivity index (χ0) is 13.7. The molecular formula is C12H14N4O2S. The summed E-state index contributed by atoms with van der Waals surface area (Å²) in [6, 6.07) is 9.64. The van der Waals surface area contributed by atoms with Crippen molar-refractivity contribution < 1.29 is 8.42 Å². The lowest BCUT2D eigenvalue weighted by Crippen LogP contribution is -2.09. The van der Waals surface area contributed by atoms with E-state index in [2.05, 4.69) is 22.0 Å². The molecule has 7 heteroatoms. The van der Waals surface area contributed by atoms with Crippen LogP contribution in [-0.2, 0) is 22.1 Å². The molecule has 0 N–H and O–H groups in total. The minimum Gasteiger partial charge on any atom is -0.228 e. The molecule has 0 saturated carbocycles. The van der Waals surface area contributed by atoms with E-state index in [4.69, 9.17) is 0 Å². The minimum absolute atomic E-state index is 0.0831. The second kappa shape index (κ2) is 5.75. The summed E-state index contributed by atoms with van der Waals surface area (Å²) in [7, 11) is -3.24. The molecule has 0 fully saturated rings. The summed E-state index contributed by atoms with van der Waals surface area (Å²) >= 11 is 0. The Morgan fingerprint density at radius 3 is 2.68 bits per heavy atom. The Balaban J connectivity index is 2.05. The number of rotatable bonds is 6. The predicted molar refractivity (Wildman–Crippen MR) is 71.0 cm³/mol. The van der Waals surface area contributed by atoms with Gasteiger partial charge in [0.05, 0.1) is 12.3 Å². The van der Waals surface area contributed by atoms with Crippen LogP contribution < -0.4 is 0 Å². The molecule has 19 heavy (non-hydrogen) atoms. The van der Waals surface area contributed by atoms with Crippen molar-refractivity contribution >= 4 is 9.84 Å². The number of benzene rings is 1. The summed E-state index contributed by atoms with van der Waals surface area (Å²) in [6.45, 7) is 3.88. The SMILES string of the molecule is C=CCS(=O)(=O)Cc1nnn(Cc2ccccc2)n1. The summed E-state index contributed by atoms with van der Waals surface area (Å²) < 4.78 is 23.2. The Kier molecular flexibility index (Phi) is 4.06. The highest BCUT2D eigenvalue weighted by molar-refractivity contribution is 7.90. The zero-order valence-electron chi connectivity index (χ0n) is 10.3. The first-order valence-corrected chi connectivity index (χ1v) is 7.53. The van der Waals surface area contributed by atoms with E-state index in [1.807, 2.05) is 30.3 Å². The average Bonchev–Trinajstić information content (AvgIpc) is 2.76. The summed E-state index contributed by atoms with van der Waals surface area (Å²) in [4.78, 5) is 1.38. The van der Waals surface area contributed by atoms with Crippen LogP contribution in [0, 0.1) is 0 Å². The predicted octanol–water partition coefficient (Wildman–Crippen LogP) is 0.822. The second-order valence-corrected chi connectivity index (χ2v) is 6.17. The first-order chi connectivity index (χ1) is 9.09. The lowest BCUT2D eigenvalue weighted by molar-refractivity contribution is 0.570. The van der Waals surface area contributed by atoms with Crippen LogP contribution in [0.15, 0.2) is 43.0 Å². The van der Waals surface area contributed by atoms with Crippen molar-refractivity contribution in [2.24, 2.45) is 0 Å². The van der Waals surface area contributed by atoms with Gasteiger partial charge in [-0.15, -0.1) is 16.8 Å². The third kappa shape index (κ3) is 3.99. The molecule has 1 aromatic carbocycles. The molecule has 0 amide bonds. The third-order valence-electron chi connectivity index (χ3n) is 2.38. The molecule has 0 unspecified atom stereocenters. The fourth-order valence-corrected chi connectivity index (χ4v) is 2.57. The second-order valence-electron chi connectivity index (χ2n) is 4.06. The fourth-order valence-electron chi connectivity index (χ4n) is 1.58. The van der Waals surface area contributed by atoms with E-state index in [1.165, 1.54) is 10.9 Å². The first kappa shape index (κ1) is 13.4. The van der Waals surface area contributed by atoms with Gasteiger partial charge in [-0.1, -0.05) is 36.4 Å². The molecule has 0 radical (unpaired) electrons. The molecule has 6 nitrogen and oxygen atoms in total. The standard InChI is InChI=1S/C12H14N4O2S/c1-2-8-19(17,18)10-12-13-15-16(14-12)9-11-6-4-3-5-7-11/h2-7H,1,8-10H2. The maximum Gasteiger partial charge on any atom is 0.189 e. The van der Waals surface area contributed by atoms with Gasteiger partial charge in [-0.3, -0.25) is 0 Å². The molecule has 0 aliphatic carbocycles. The van der Waals surface area contributed by atoms with Gasteiger partial charge in [0.1, 0.15) is 5.75 Å². The van der Waals surface area contributed by atoms with Gasteiger partial charge in [0, 0.05) is 0 Å². The van der Waals surface area contributed by atoms with E-state index in [0.717, 1.165) is 5.56 Å². The van der Waals surface area contributed by atoms with Gasteiger partial charge in [-0.2, -0.15) is 4.80 Å². The maximum absolute atomic E-state index is 11.6. The highest BCUT2D eigenvalue weighted by Gasteiger charge is 2.14. The van der Waals surface area contributed by atoms with Crippen molar-refractivity contribution in [3.63, 3.8) is 0 Å². The van der Waals surface area contributed by atoms with E-state index >= 15 is 0 Å². The average molecular weight is 278 g/mol. The van der Waals surface area contributed by atoms with Crippen LogP contribution in [0.4, 0.5) is 0 Å². The van der Waals surface area contributed by atoms with Crippen LogP contribution in [0.1, 0.15) is 11.4 Å². The summed E-state index contributed by atoms with van der Waals surface area (Å²) in [5, 5.41) is 11.6. The van der Waals surface area contributed by atoms with Crippen molar-refractivity contribution in [1.29, 1.82) is 0 Å². The van der Waals surface area contributed by atoms with E-state index in [0.29, 0.717) is 6.54 Å².